The number of halogens is 1. The molecule has 3 aromatic rings. The SMILES string of the molecule is CCN(CC)CCN(C(=O)COc1cccc(OC)c1)c1nc2cc(C)cc(C)c2s1.Cl. The highest BCUT2D eigenvalue weighted by atomic mass is 35.5. The van der Waals surface area contributed by atoms with Crippen molar-refractivity contribution in [1.29, 1.82) is 0 Å². The lowest BCUT2D eigenvalue weighted by molar-refractivity contribution is -0.120. The van der Waals surface area contributed by atoms with E-state index < -0.39 is 0 Å². The van der Waals surface area contributed by atoms with E-state index in [-0.39, 0.29) is 24.9 Å². The van der Waals surface area contributed by atoms with Crippen LogP contribution in [0.25, 0.3) is 10.2 Å². The zero-order valence-corrected chi connectivity index (χ0v) is 21.0. The van der Waals surface area contributed by atoms with E-state index in [9.17, 15) is 4.79 Å². The second kappa shape index (κ2) is 12.0. The van der Waals surface area contributed by atoms with Gasteiger partial charge < -0.3 is 14.4 Å². The summed E-state index contributed by atoms with van der Waals surface area (Å²) in [7, 11) is 1.61. The normalized spacial score (nSPS) is 10.8. The van der Waals surface area contributed by atoms with E-state index in [0.29, 0.717) is 18.0 Å². The molecule has 0 aliphatic rings. The van der Waals surface area contributed by atoms with Crippen LogP contribution in [0.2, 0.25) is 0 Å². The fraction of sp³-hybridized carbons (Fsp3) is 0.417. The molecule has 0 N–H and O–H groups in total. The van der Waals surface area contributed by atoms with Crippen molar-refractivity contribution in [2.24, 2.45) is 0 Å². The summed E-state index contributed by atoms with van der Waals surface area (Å²) < 4.78 is 12.1. The largest absolute Gasteiger partial charge is 0.497 e. The van der Waals surface area contributed by atoms with Gasteiger partial charge >= 0.3 is 0 Å². The lowest BCUT2D eigenvalue weighted by atomic mass is 10.1. The monoisotopic (exact) mass is 477 g/mol. The zero-order valence-electron chi connectivity index (χ0n) is 19.4. The summed E-state index contributed by atoms with van der Waals surface area (Å²) in [6.07, 6.45) is 0. The Bertz CT molecular complexity index is 1040. The van der Waals surface area contributed by atoms with E-state index in [4.69, 9.17) is 14.5 Å². The first kappa shape index (κ1) is 25.9. The minimum absolute atomic E-state index is 0. The Kier molecular flexibility index (Phi) is 9.75. The van der Waals surface area contributed by atoms with E-state index in [0.717, 1.165) is 35.0 Å². The maximum absolute atomic E-state index is 13.2. The number of methoxy groups -OCH3 is 1. The molecular weight excluding hydrogens is 446 g/mol. The molecule has 1 heterocycles. The number of thiazole rings is 1. The molecule has 0 bridgehead atoms. The van der Waals surface area contributed by atoms with Crippen molar-refractivity contribution in [3.63, 3.8) is 0 Å². The van der Waals surface area contributed by atoms with E-state index in [1.54, 1.807) is 29.4 Å². The van der Waals surface area contributed by atoms with Gasteiger partial charge in [0.05, 0.1) is 17.3 Å². The fourth-order valence-corrected chi connectivity index (χ4v) is 4.56. The van der Waals surface area contributed by atoms with Crippen molar-refractivity contribution in [3.05, 3.63) is 47.5 Å². The molecule has 6 nitrogen and oxygen atoms in total. The van der Waals surface area contributed by atoms with E-state index in [1.165, 1.54) is 11.1 Å². The van der Waals surface area contributed by atoms with Gasteiger partial charge in [0.25, 0.3) is 5.91 Å². The topological polar surface area (TPSA) is 54.9 Å². The van der Waals surface area contributed by atoms with Crippen LogP contribution in [0.15, 0.2) is 36.4 Å². The lowest BCUT2D eigenvalue weighted by Crippen LogP contribution is -2.41. The summed E-state index contributed by atoms with van der Waals surface area (Å²) in [5.41, 5.74) is 3.29. The van der Waals surface area contributed by atoms with E-state index in [2.05, 4.69) is 44.7 Å². The Labute approximate surface area is 200 Å². The van der Waals surface area contributed by atoms with Crippen LogP contribution >= 0.6 is 23.7 Å². The van der Waals surface area contributed by atoms with Gasteiger partial charge in [-0.3, -0.25) is 9.69 Å². The van der Waals surface area contributed by atoms with Gasteiger partial charge in [-0.1, -0.05) is 37.3 Å². The number of fused-ring (bicyclic) bond motifs is 1. The summed E-state index contributed by atoms with van der Waals surface area (Å²) in [5, 5.41) is 0.718. The molecule has 0 fully saturated rings. The van der Waals surface area contributed by atoms with Gasteiger partial charge in [-0.2, -0.15) is 0 Å². The smallest absolute Gasteiger partial charge is 0.266 e. The number of carbonyl (C=O) groups is 1. The average molecular weight is 478 g/mol. The molecule has 0 atom stereocenters. The van der Waals surface area contributed by atoms with E-state index >= 15 is 0 Å². The van der Waals surface area contributed by atoms with Gasteiger partial charge in [-0.05, 0) is 56.3 Å². The number of aryl methyl sites for hydroxylation is 2. The van der Waals surface area contributed by atoms with Gasteiger partial charge in [0.1, 0.15) is 11.5 Å². The number of amides is 1. The van der Waals surface area contributed by atoms with Crippen LogP contribution in [-0.4, -0.2) is 55.7 Å². The van der Waals surface area contributed by atoms with Crippen LogP contribution < -0.4 is 14.4 Å². The zero-order chi connectivity index (χ0) is 22.4. The maximum Gasteiger partial charge on any atom is 0.266 e. The highest BCUT2D eigenvalue weighted by Crippen LogP contribution is 2.32. The number of ether oxygens (including phenoxy) is 2. The molecule has 32 heavy (non-hydrogen) atoms. The summed E-state index contributed by atoms with van der Waals surface area (Å²) in [5.74, 6) is 1.19. The van der Waals surface area contributed by atoms with Gasteiger partial charge in [0.15, 0.2) is 11.7 Å². The Hall–Kier alpha value is -2.35. The third-order valence-electron chi connectivity index (χ3n) is 5.28. The molecule has 0 aliphatic carbocycles. The number of aromatic nitrogens is 1. The molecule has 0 spiro atoms. The first-order valence-corrected chi connectivity index (χ1v) is 11.4. The van der Waals surface area contributed by atoms with Crippen molar-refractivity contribution in [3.8, 4) is 11.5 Å². The number of anilines is 1. The van der Waals surface area contributed by atoms with Gasteiger partial charge in [-0.15, -0.1) is 12.4 Å². The number of hydrogen-bond donors (Lipinski definition) is 0. The highest BCUT2D eigenvalue weighted by Gasteiger charge is 2.21. The molecule has 0 saturated carbocycles. The summed E-state index contributed by atoms with van der Waals surface area (Å²) >= 11 is 1.56. The summed E-state index contributed by atoms with van der Waals surface area (Å²) in [6.45, 7) is 11.6. The number of benzene rings is 2. The van der Waals surface area contributed by atoms with Crippen molar-refractivity contribution < 1.29 is 14.3 Å². The maximum atomic E-state index is 13.2. The molecule has 8 heteroatoms. The van der Waals surface area contributed by atoms with Gasteiger partial charge in [0, 0.05) is 19.2 Å². The van der Waals surface area contributed by atoms with Crippen LogP contribution in [0.3, 0.4) is 0 Å². The fourth-order valence-electron chi connectivity index (χ4n) is 3.50. The molecule has 0 unspecified atom stereocenters. The third-order valence-corrected chi connectivity index (χ3v) is 6.51. The summed E-state index contributed by atoms with van der Waals surface area (Å²) in [4.78, 5) is 22.1. The second-order valence-electron chi connectivity index (χ2n) is 7.47. The van der Waals surface area contributed by atoms with Crippen LogP contribution in [0.1, 0.15) is 25.0 Å². The third kappa shape index (κ3) is 6.34. The van der Waals surface area contributed by atoms with Crippen molar-refractivity contribution in [2.45, 2.75) is 27.7 Å². The molecule has 174 valence electrons. The van der Waals surface area contributed by atoms with Gasteiger partial charge in [0.2, 0.25) is 0 Å². The number of likely N-dealkylation sites (N-methyl/N-ethyl adjacent to an activating group) is 1. The predicted molar refractivity (Wildman–Crippen MR) is 135 cm³/mol. The number of rotatable bonds is 10. The van der Waals surface area contributed by atoms with Crippen molar-refractivity contribution in [1.82, 2.24) is 9.88 Å². The minimum atomic E-state index is -0.108. The molecule has 0 saturated heterocycles. The van der Waals surface area contributed by atoms with Crippen LogP contribution in [0.5, 0.6) is 11.5 Å². The van der Waals surface area contributed by atoms with E-state index in [1.807, 2.05) is 18.2 Å². The molecule has 0 radical (unpaired) electrons. The Morgan fingerprint density at radius 3 is 2.47 bits per heavy atom. The lowest BCUT2D eigenvalue weighted by Gasteiger charge is -2.24. The molecule has 1 aromatic heterocycles. The van der Waals surface area contributed by atoms with Crippen molar-refractivity contribution in [2.75, 3.05) is 44.8 Å². The minimum Gasteiger partial charge on any atom is -0.497 e. The van der Waals surface area contributed by atoms with Gasteiger partial charge in [-0.25, -0.2) is 4.98 Å². The van der Waals surface area contributed by atoms with Crippen molar-refractivity contribution >= 4 is 45.0 Å². The van der Waals surface area contributed by atoms with Crippen LogP contribution in [0, 0.1) is 13.8 Å². The van der Waals surface area contributed by atoms with Crippen LogP contribution in [0.4, 0.5) is 5.13 Å². The quantitative estimate of drug-likeness (QED) is 0.406. The molecule has 0 aliphatic heterocycles. The number of carbonyl (C=O) groups excluding carboxylic acids is 1. The number of nitrogens with zero attached hydrogens (tertiary/aromatic N) is 3. The Morgan fingerprint density at radius 1 is 1.06 bits per heavy atom. The standard InChI is InChI=1S/C24H31N3O3S.ClH/c1-6-26(7-2)11-12-27(22(28)16-30-20-10-8-9-19(15-20)29-5)24-25-21-14-17(3)13-18(4)23(21)31-24;/h8-10,13-15H,6-7,11-12,16H2,1-5H3;1H. The first-order valence-electron chi connectivity index (χ1n) is 10.6. The second-order valence-corrected chi connectivity index (χ2v) is 8.44. The molecular formula is C24H32ClN3O3S. The van der Waals surface area contributed by atoms with Crippen LogP contribution in [-0.2, 0) is 4.79 Å². The Balaban J connectivity index is 0.00000363. The molecule has 2 aromatic carbocycles. The summed E-state index contributed by atoms with van der Waals surface area (Å²) in [6, 6.07) is 11.5. The molecule has 1 amide bonds. The Morgan fingerprint density at radius 2 is 1.78 bits per heavy atom. The predicted octanol–water partition coefficient (Wildman–Crippen LogP) is 5.10. The number of hydrogen-bond acceptors (Lipinski definition) is 6. The average Bonchev–Trinajstić information content (AvgIpc) is 3.19. The first-order chi connectivity index (χ1) is 14.9. The molecule has 3 rings (SSSR count). The highest BCUT2D eigenvalue weighted by molar-refractivity contribution is 7.22.